The van der Waals surface area contributed by atoms with Crippen LogP contribution in [0, 0.1) is 0 Å². The van der Waals surface area contributed by atoms with Crippen molar-refractivity contribution in [3.05, 3.63) is 287 Å². The van der Waals surface area contributed by atoms with Crippen molar-refractivity contribution >= 4 is 0 Å². The summed E-state index contributed by atoms with van der Waals surface area (Å²) in [6, 6.07) is 80.6. The lowest BCUT2D eigenvalue weighted by molar-refractivity contribution is -0.384. The molecule has 1 unspecified atom stereocenters. The first-order chi connectivity index (χ1) is 39.2. The van der Waals surface area contributed by atoms with Gasteiger partial charge in [-0.05, 0) is 44.5 Å². The summed E-state index contributed by atoms with van der Waals surface area (Å²) >= 11 is 0. The van der Waals surface area contributed by atoms with E-state index in [0.29, 0.717) is 13.2 Å². The Balaban J connectivity index is 1.05. The molecule has 0 bridgehead atoms. The minimum atomic E-state index is -1.13. The summed E-state index contributed by atoms with van der Waals surface area (Å²) in [6.07, 6.45) is -8.50. The molecule has 0 saturated carbocycles. The average molecular weight is 1060 g/mol. The molecule has 2 aliphatic heterocycles. The topological polar surface area (TPSA) is 102 Å². The molecule has 2 aliphatic rings. The summed E-state index contributed by atoms with van der Waals surface area (Å²) in [4.78, 5) is 0. The second-order valence-electron chi connectivity index (χ2n) is 19.8. The van der Waals surface area contributed by atoms with E-state index in [1.54, 1.807) is 0 Å². The number of hydrogen-bond donors (Lipinski definition) is 0. The molecule has 10 atom stereocenters. The van der Waals surface area contributed by atoms with Crippen LogP contribution >= 0.6 is 0 Å². The minimum Gasteiger partial charge on any atom is -0.374 e. The highest BCUT2D eigenvalue weighted by Gasteiger charge is 2.55. The molecular formula is C68H70O11. The van der Waals surface area contributed by atoms with Gasteiger partial charge in [-0.3, -0.25) is 0 Å². The first-order valence-electron chi connectivity index (χ1n) is 27.3. The molecule has 0 spiro atoms. The maximum absolute atomic E-state index is 7.59. The molecular weight excluding hydrogens is 993 g/mol. The Kier molecular flexibility index (Phi) is 21.2. The van der Waals surface area contributed by atoms with E-state index in [4.69, 9.17) is 52.1 Å². The third kappa shape index (κ3) is 16.7. The molecule has 0 aromatic heterocycles. The van der Waals surface area contributed by atoms with Crippen molar-refractivity contribution in [1.82, 2.24) is 0 Å². The lowest BCUT2D eigenvalue weighted by Crippen LogP contribution is -2.66. The number of ether oxygens (including phenoxy) is 11. The Morgan fingerprint density at radius 3 is 0.785 bits per heavy atom. The Bertz CT molecular complexity index is 2890. The minimum absolute atomic E-state index is 0.136. The van der Waals surface area contributed by atoms with Gasteiger partial charge in [0.2, 0.25) is 0 Å². The van der Waals surface area contributed by atoms with Crippen LogP contribution < -0.4 is 0 Å². The van der Waals surface area contributed by atoms with Crippen molar-refractivity contribution in [2.45, 2.75) is 114 Å². The normalized spacial score (nSPS) is 23.0. The van der Waals surface area contributed by atoms with E-state index in [1.165, 1.54) is 0 Å². The van der Waals surface area contributed by atoms with Crippen LogP contribution in [-0.4, -0.2) is 74.6 Å². The standard InChI is InChI=1S/C68H70O11/c1-9-25-51(26-10-1)41-69-49-59-62(72-44-54-31-15-4-16-32-54)64(74-46-56-35-19-6-20-36-56)66(67(77-59)76-48-58-39-23-8-24-40-58)79-68-65(75-47-57-37-21-7-22-38-57)63(73-45-55-33-17-5-18-34-55)61(71-43-53-29-13-3-14-30-53)60(78-68)50-70-42-52-27-11-2-12-28-52/h1-40,59-68H,41-50H2/t59-,60-,61-,62-,63+,64+,65+,66+,67+,68?/m1/s1. The van der Waals surface area contributed by atoms with Crippen molar-refractivity contribution in [2.24, 2.45) is 0 Å². The van der Waals surface area contributed by atoms with E-state index < -0.39 is 61.4 Å². The maximum atomic E-state index is 7.59. The van der Waals surface area contributed by atoms with Crippen LogP contribution in [-0.2, 0) is 105 Å². The van der Waals surface area contributed by atoms with E-state index in [1.807, 2.05) is 243 Å². The second kappa shape index (κ2) is 30.1. The third-order valence-electron chi connectivity index (χ3n) is 13.9. The van der Waals surface area contributed by atoms with Gasteiger partial charge in [0, 0.05) is 0 Å². The van der Waals surface area contributed by atoms with Crippen LogP contribution in [0.25, 0.3) is 0 Å². The van der Waals surface area contributed by atoms with Gasteiger partial charge >= 0.3 is 0 Å². The molecule has 0 radical (unpaired) electrons. The summed E-state index contributed by atoms with van der Waals surface area (Å²) in [5.74, 6) is 0. The van der Waals surface area contributed by atoms with Gasteiger partial charge in [-0.2, -0.15) is 0 Å². The van der Waals surface area contributed by atoms with Crippen LogP contribution in [0.4, 0.5) is 0 Å². The lowest BCUT2D eigenvalue weighted by atomic mass is 9.96. The quantitative estimate of drug-likeness (QED) is 0.0469. The van der Waals surface area contributed by atoms with E-state index in [0.717, 1.165) is 44.5 Å². The van der Waals surface area contributed by atoms with Crippen molar-refractivity contribution in [2.75, 3.05) is 13.2 Å². The fourth-order valence-corrected chi connectivity index (χ4v) is 9.85. The van der Waals surface area contributed by atoms with Gasteiger partial charge < -0.3 is 52.1 Å². The van der Waals surface area contributed by atoms with Gasteiger partial charge in [0.15, 0.2) is 12.6 Å². The molecule has 11 nitrogen and oxygen atoms in total. The van der Waals surface area contributed by atoms with E-state index in [9.17, 15) is 0 Å². The molecule has 11 heteroatoms. The highest BCUT2D eigenvalue weighted by Crippen LogP contribution is 2.37. The summed E-state index contributed by atoms with van der Waals surface area (Å²) in [6.45, 7) is 2.45. The van der Waals surface area contributed by atoms with E-state index in [-0.39, 0.29) is 52.9 Å². The predicted octanol–water partition coefficient (Wildman–Crippen LogP) is 12.4. The van der Waals surface area contributed by atoms with Crippen molar-refractivity contribution in [3.63, 3.8) is 0 Å². The highest BCUT2D eigenvalue weighted by atomic mass is 16.8. The maximum Gasteiger partial charge on any atom is 0.187 e. The third-order valence-corrected chi connectivity index (χ3v) is 13.9. The van der Waals surface area contributed by atoms with Crippen molar-refractivity contribution in [1.29, 1.82) is 0 Å². The van der Waals surface area contributed by atoms with Gasteiger partial charge in [-0.25, -0.2) is 0 Å². The SMILES string of the molecule is c1ccc(COC[C@H]2O[C@H](OCc3ccccc3)[C@@H](OC3O[C@H](COCc4ccccc4)[C@@H](OCc4ccccc4)[C@H](OCc4ccccc4)[C@@H]3OCc3ccccc3)[C@@H](OCc3ccccc3)[C@@H]2OCc2ccccc2)cc1. The van der Waals surface area contributed by atoms with Crippen LogP contribution in [0.15, 0.2) is 243 Å². The Hall–Kier alpha value is -6.68. The fraction of sp³-hybridized carbons (Fsp3) is 0.294. The molecule has 8 aromatic carbocycles. The van der Waals surface area contributed by atoms with E-state index >= 15 is 0 Å². The zero-order chi connectivity index (χ0) is 53.5. The molecule has 408 valence electrons. The molecule has 10 rings (SSSR count). The summed E-state index contributed by atoms with van der Waals surface area (Å²) in [5, 5.41) is 0. The zero-order valence-electron chi connectivity index (χ0n) is 44.4. The first kappa shape index (κ1) is 55.6. The average Bonchev–Trinajstić information content (AvgIpc) is 3.57. The van der Waals surface area contributed by atoms with Gasteiger partial charge in [0.05, 0.1) is 66.1 Å². The van der Waals surface area contributed by atoms with Crippen LogP contribution in [0.1, 0.15) is 44.5 Å². The molecule has 0 N–H and O–H groups in total. The monoisotopic (exact) mass is 1060 g/mol. The molecule has 2 saturated heterocycles. The highest BCUT2D eigenvalue weighted by molar-refractivity contribution is 5.20. The predicted molar refractivity (Wildman–Crippen MR) is 301 cm³/mol. The molecule has 0 amide bonds. The summed E-state index contributed by atoms with van der Waals surface area (Å²) in [5.41, 5.74) is 7.89. The lowest BCUT2D eigenvalue weighted by Gasteiger charge is -2.50. The number of hydrogen-bond acceptors (Lipinski definition) is 11. The van der Waals surface area contributed by atoms with E-state index in [2.05, 4.69) is 0 Å². The Morgan fingerprint density at radius 2 is 0.468 bits per heavy atom. The summed E-state index contributed by atoms with van der Waals surface area (Å²) < 4.78 is 77.7. The summed E-state index contributed by atoms with van der Waals surface area (Å²) in [7, 11) is 0. The van der Waals surface area contributed by atoms with Gasteiger partial charge in [-0.1, -0.05) is 243 Å². The number of benzene rings is 8. The molecule has 2 heterocycles. The van der Waals surface area contributed by atoms with Crippen LogP contribution in [0.2, 0.25) is 0 Å². The van der Waals surface area contributed by atoms with Crippen LogP contribution in [0.3, 0.4) is 0 Å². The molecule has 0 aliphatic carbocycles. The van der Waals surface area contributed by atoms with Crippen molar-refractivity contribution in [3.8, 4) is 0 Å². The van der Waals surface area contributed by atoms with Gasteiger partial charge in [0.25, 0.3) is 0 Å². The molecule has 2 fully saturated rings. The number of rotatable bonds is 28. The first-order valence-corrected chi connectivity index (χ1v) is 27.3. The Labute approximate surface area is 464 Å². The van der Waals surface area contributed by atoms with Gasteiger partial charge in [-0.15, -0.1) is 0 Å². The zero-order valence-corrected chi connectivity index (χ0v) is 44.4. The largest absolute Gasteiger partial charge is 0.374 e. The van der Waals surface area contributed by atoms with Crippen molar-refractivity contribution < 1.29 is 52.1 Å². The molecule has 79 heavy (non-hydrogen) atoms. The van der Waals surface area contributed by atoms with Crippen LogP contribution in [0.5, 0.6) is 0 Å². The second-order valence-corrected chi connectivity index (χ2v) is 19.8. The molecule has 8 aromatic rings. The smallest absolute Gasteiger partial charge is 0.187 e. The van der Waals surface area contributed by atoms with Gasteiger partial charge in [0.1, 0.15) is 48.8 Å². The Morgan fingerprint density at radius 1 is 0.228 bits per heavy atom. The fourth-order valence-electron chi connectivity index (χ4n) is 9.85.